The van der Waals surface area contributed by atoms with Gasteiger partial charge in [0, 0.05) is 31.9 Å². The van der Waals surface area contributed by atoms with E-state index in [4.69, 9.17) is 0 Å². The first-order valence-electron chi connectivity index (χ1n) is 9.06. The second kappa shape index (κ2) is 9.42. The van der Waals surface area contributed by atoms with Crippen LogP contribution >= 0.6 is 0 Å². The number of rotatable bonds is 6. The molecule has 1 saturated heterocycles. The molecule has 25 heavy (non-hydrogen) atoms. The summed E-state index contributed by atoms with van der Waals surface area (Å²) in [6, 6.07) is 7.21. The van der Waals surface area contributed by atoms with E-state index in [2.05, 4.69) is 27.8 Å². The highest BCUT2D eigenvalue weighted by atomic mass is 16.2. The number of benzene rings is 1. The first kappa shape index (κ1) is 19.2. The van der Waals surface area contributed by atoms with Crippen molar-refractivity contribution in [2.24, 2.45) is 5.92 Å². The zero-order valence-corrected chi connectivity index (χ0v) is 15.5. The Hall–Kier alpha value is -2.08. The summed E-state index contributed by atoms with van der Waals surface area (Å²) >= 11 is 0. The molecule has 3 amide bonds. The van der Waals surface area contributed by atoms with Gasteiger partial charge in [-0.1, -0.05) is 25.1 Å². The van der Waals surface area contributed by atoms with Crippen molar-refractivity contribution in [1.82, 2.24) is 15.5 Å². The van der Waals surface area contributed by atoms with Crippen LogP contribution in [0.25, 0.3) is 0 Å². The number of amides is 3. The molecule has 0 unspecified atom stereocenters. The van der Waals surface area contributed by atoms with Crippen LogP contribution in [0.1, 0.15) is 32.3 Å². The standard InChI is InChI=1S/C19H30N4O2/c1-14-7-6-10-23(12-14)13-15(2)21-19(25)22-17-9-5-4-8-16(17)11-18(24)20-3/h4-5,8-9,14-15H,6-7,10-13H2,1-3H3,(H,20,24)(H2,21,22,25)/t14-,15+/m0/s1. The van der Waals surface area contributed by atoms with Crippen LogP contribution in [0.2, 0.25) is 0 Å². The van der Waals surface area contributed by atoms with E-state index in [1.165, 1.54) is 12.8 Å². The third-order valence-electron chi connectivity index (χ3n) is 4.55. The number of para-hydroxylation sites is 1. The van der Waals surface area contributed by atoms with Gasteiger partial charge in [0.25, 0.3) is 0 Å². The van der Waals surface area contributed by atoms with Gasteiger partial charge in [0.2, 0.25) is 5.91 Å². The van der Waals surface area contributed by atoms with Crippen molar-refractivity contribution in [1.29, 1.82) is 0 Å². The van der Waals surface area contributed by atoms with Gasteiger partial charge in [0.05, 0.1) is 6.42 Å². The van der Waals surface area contributed by atoms with Crippen molar-refractivity contribution in [3.63, 3.8) is 0 Å². The Balaban J connectivity index is 1.86. The number of nitrogens with zero attached hydrogens (tertiary/aromatic N) is 1. The van der Waals surface area contributed by atoms with Crippen LogP contribution in [0, 0.1) is 5.92 Å². The molecular formula is C19H30N4O2. The number of hydrogen-bond acceptors (Lipinski definition) is 3. The molecule has 138 valence electrons. The predicted molar refractivity (Wildman–Crippen MR) is 101 cm³/mol. The molecule has 0 bridgehead atoms. The summed E-state index contributed by atoms with van der Waals surface area (Å²) in [6.07, 6.45) is 2.77. The van der Waals surface area contributed by atoms with Crippen molar-refractivity contribution < 1.29 is 9.59 Å². The highest BCUT2D eigenvalue weighted by molar-refractivity contribution is 5.91. The Morgan fingerprint density at radius 1 is 1.32 bits per heavy atom. The summed E-state index contributed by atoms with van der Waals surface area (Å²) in [5.74, 6) is 0.647. The minimum atomic E-state index is -0.234. The molecule has 0 spiro atoms. The van der Waals surface area contributed by atoms with Crippen molar-refractivity contribution in [3.8, 4) is 0 Å². The molecule has 0 radical (unpaired) electrons. The van der Waals surface area contributed by atoms with Crippen LogP contribution in [0.15, 0.2) is 24.3 Å². The fraction of sp³-hybridized carbons (Fsp3) is 0.579. The lowest BCUT2D eigenvalue weighted by molar-refractivity contribution is -0.119. The largest absolute Gasteiger partial charge is 0.359 e. The zero-order valence-electron chi connectivity index (χ0n) is 15.5. The van der Waals surface area contributed by atoms with Crippen LogP contribution in [-0.2, 0) is 11.2 Å². The van der Waals surface area contributed by atoms with Crippen LogP contribution < -0.4 is 16.0 Å². The van der Waals surface area contributed by atoms with Crippen LogP contribution in [0.4, 0.5) is 10.5 Å². The van der Waals surface area contributed by atoms with E-state index in [0.717, 1.165) is 31.1 Å². The lowest BCUT2D eigenvalue weighted by Gasteiger charge is -2.32. The fourth-order valence-corrected chi connectivity index (χ4v) is 3.33. The summed E-state index contributed by atoms with van der Waals surface area (Å²) in [7, 11) is 1.61. The van der Waals surface area contributed by atoms with E-state index < -0.39 is 0 Å². The maximum atomic E-state index is 12.3. The molecule has 1 aliphatic heterocycles. The molecule has 0 aromatic heterocycles. The van der Waals surface area contributed by atoms with Gasteiger partial charge in [0.15, 0.2) is 0 Å². The maximum absolute atomic E-state index is 12.3. The molecule has 0 saturated carbocycles. The topological polar surface area (TPSA) is 73.5 Å². The van der Waals surface area contributed by atoms with Crippen molar-refractivity contribution in [2.75, 3.05) is 32.0 Å². The number of anilines is 1. The average molecular weight is 346 g/mol. The Bertz CT molecular complexity index is 591. The number of urea groups is 1. The Kier molecular flexibility index (Phi) is 7.25. The highest BCUT2D eigenvalue weighted by Gasteiger charge is 2.19. The van der Waals surface area contributed by atoms with Crippen LogP contribution in [0.5, 0.6) is 0 Å². The van der Waals surface area contributed by atoms with E-state index in [1.807, 2.05) is 31.2 Å². The molecule has 1 aromatic rings. The Morgan fingerprint density at radius 2 is 2.08 bits per heavy atom. The average Bonchev–Trinajstić information content (AvgIpc) is 2.56. The Labute approximate surface area is 150 Å². The van der Waals surface area contributed by atoms with Gasteiger partial charge >= 0.3 is 6.03 Å². The molecule has 2 rings (SSSR count). The van der Waals surface area contributed by atoms with Crippen molar-refractivity contribution in [3.05, 3.63) is 29.8 Å². The smallest absolute Gasteiger partial charge is 0.319 e. The van der Waals surface area contributed by atoms with E-state index in [9.17, 15) is 9.59 Å². The second-order valence-electron chi connectivity index (χ2n) is 7.01. The molecular weight excluding hydrogens is 316 g/mol. The van der Waals surface area contributed by atoms with Gasteiger partial charge in [-0.05, 0) is 43.9 Å². The summed E-state index contributed by atoms with van der Waals surface area (Å²) in [6.45, 7) is 7.36. The minimum absolute atomic E-state index is 0.0661. The third-order valence-corrected chi connectivity index (χ3v) is 4.55. The number of likely N-dealkylation sites (tertiary alicyclic amines) is 1. The normalized spacial score (nSPS) is 19.1. The molecule has 6 nitrogen and oxygen atoms in total. The summed E-state index contributed by atoms with van der Waals surface area (Å²) in [5, 5.41) is 8.46. The molecule has 1 heterocycles. The van der Waals surface area contributed by atoms with E-state index in [1.54, 1.807) is 7.05 Å². The number of carbonyl (C=O) groups is 2. The quantitative estimate of drug-likeness (QED) is 0.739. The monoisotopic (exact) mass is 346 g/mol. The molecule has 3 N–H and O–H groups in total. The van der Waals surface area contributed by atoms with E-state index in [0.29, 0.717) is 5.69 Å². The maximum Gasteiger partial charge on any atom is 0.319 e. The lowest BCUT2D eigenvalue weighted by atomic mass is 10.00. The number of nitrogens with one attached hydrogen (secondary N) is 3. The van der Waals surface area contributed by atoms with Gasteiger partial charge in [0.1, 0.15) is 0 Å². The van der Waals surface area contributed by atoms with Crippen LogP contribution in [0.3, 0.4) is 0 Å². The van der Waals surface area contributed by atoms with Gasteiger partial charge in [-0.2, -0.15) is 0 Å². The zero-order chi connectivity index (χ0) is 18.2. The molecule has 1 fully saturated rings. The molecule has 0 aliphatic carbocycles. The van der Waals surface area contributed by atoms with Crippen LogP contribution in [-0.4, -0.2) is 49.6 Å². The molecule has 6 heteroatoms. The van der Waals surface area contributed by atoms with Gasteiger partial charge in [-0.3, -0.25) is 4.79 Å². The summed E-state index contributed by atoms with van der Waals surface area (Å²) in [4.78, 5) is 26.3. The number of carbonyl (C=O) groups excluding carboxylic acids is 2. The van der Waals surface area contributed by atoms with Gasteiger partial charge < -0.3 is 20.9 Å². The van der Waals surface area contributed by atoms with Gasteiger partial charge in [-0.15, -0.1) is 0 Å². The number of likely N-dealkylation sites (N-methyl/N-ethyl adjacent to an activating group) is 1. The van der Waals surface area contributed by atoms with E-state index in [-0.39, 0.29) is 24.4 Å². The second-order valence-corrected chi connectivity index (χ2v) is 7.01. The van der Waals surface area contributed by atoms with Gasteiger partial charge in [-0.25, -0.2) is 4.79 Å². The third kappa shape index (κ3) is 6.38. The first-order chi connectivity index (χ1) is 12.0. The van der Waals surface area contributed by atoms with E-state index >= 15 is 0 Å². The number of hydrogen-bond donors (Lipinski definition) is 3. The SMILES string of the molecule is CNC(=O)Cc1ccccc1NC(=O)N[C@H](C)CN1CCC[C@H](C)C1. The van der Waals surface area contributed by atoms with Crippen molar-refractivity contribution >= 4 is 17.6 Å². The summed E-state index contributed by atoms with van der Waals surface area (Å²) in [5.41, 5.74) is 1.47. The fourth-order valence-electron chi connectivity index (χ4n) is 3.33. The van der Waals surface area contributed by atoms with Crippen molar-refractivity contribution in [2.45, 2.75) is 39.2 Å². The molecule has 1 aliphatic rings. The molecule has 1 aromatic carbocycles. The predicted octanol–water partition coefficient (Wildman–Crippen LogP) is 2.22. The molecule has 2 atom stereocenters. The summed E-state index contributed by atoms with van der Waals surface area (Å²) < 4.78 is 0. The number of piperidine rings is 1. The lowest BCUT2D eigenvalue weighted by Crippen LogP contribution is -2.46. The minimum Gasteiger partial charge on any atom is -0.359 e. The highest BCUT2D eigenvalue weighted by Crippen LogP contribution is 2.17. The Morgan fingerprint density at radius 3 is 2.80 bits per heavy atom. The first-order valence-corrected chi connectivity index (χ1v) is 9.06.